The molecule has 142 valence electrons. The quantitative estimate of drug-likeness (QED) is 0.785. The molecule has 2 N–H and O–H groups in total. The molecule has 1 aromatic heterocycles. The topological polar surface area (TPSA) is 84.2 Å². The van der Waals surface area contributed by atoms with E-state index in [4.69, 9.17) is 15.2 Å². The molecule has 3 aliphatic rings. The maximum Gasteiger partial charge on any atom is 0.410 e. The Morgan fingerprint density at radius 1 is 1.19 bits per heavy atom. The molecule has 0 radical (unpaired) electrons. The lowest BCUT2D eigenvalue weighted by atomic mass is 10.2. The van der Waals surface area contributed by atoms with Crippen LogP contribution >= 0.6 is 0 Å². The fourth-order valence-corrected chi connectivity index (χ4v) is 4.08. The van der Waals surface area contributed by atoms with Crippen LogP contribution in [-0.2, 0) is 16.0 Å². The van der Waals surface area contributed by atoms with Crippen molar-refractivity contribution in [3.05, 3.63) is 23.9 Å². The number of ether oxygens (including phenoxy) is 2. The van der Waals surface area contributed by atoms with Crippen LogP contribution in [-0.4, -0.2) is 90.4 Å². The zero-order chi connectivity index (χ0) is 17.9. The molecule has 0 aromatic carbocycles. The average Bonchev–Trinajstić information content (AvgIpc) is 3.15. The minimum absolute atomic E-state index is 0.0382. The third-order valence-corrected chi connectivity index (χ3v) is 5.50. The molecule has 3 fully saturated rings. The first-order valence-corrected chi connectivity index (χ1v) is 9.40. The minimum atomic E-state index is -0.164. The van der Waals surface area contributed by atoms with E-state index in [1.165, 1.54) is 0 Å². The third kappa shape index (κ3) is 3.77. The summed E-state index contributed by atoms with van der Waals surface area (Å²) in [5.74, 6) is 0.573. The molecule has 4 rings (SSSR count). The van der Waals surface area contributed by atoms with Gasteiger partial charge < -0.3 is 20.1 Å². The molecule has 0 unspecified atom stereocenters. The molecule has 3 aliphatic heterocycles. The summed E-state index contributed by atoms with van der Waals surface area (Å²) in [6.45, 7) is 7.65. The van der Waals surface area contributed by atoms with Crippen LogP contribution in [0.25, 0.3) is 0 Å². The van der Waals surface area contributed by atoms with Crippen molar-refractivity contribution >= 4 is 11.9 Å². The summed E-state index contributed by atoms with van der Waals surface area (Å²) < 4.78 is 11.0. The molecule has 0 bridgehead atoms. The number of hydrogen-bond donors (Lipinski definition) is 1. The van der Waals surface area contributed by atoms with Gasteiger partial charge in [0.2, 0.25) is 0 Å². The maximum absolute atomic E-state index is 12.2. The van der Waals surface area contributed by atoms with Crippen LogP contribution in [0.4, 0.5) is 10.6 Å². The van der Waals surface area contributed by atoms with Gasteiger partial charge in [-0.25, -0.2) is 9.78 Å². The molecule has 0 spiro atoms. The molecule has 26 heavy (non-hydrogen) atoms. The summed E-state index contributed by atoms with van der Waals surface area (Å²) >= 11 is 0. The highest BCUT2D eigenvalue weighted by molar-refractivity contribution is 5.71. The minimum Gasteiger partial charge on any atom is -0.442 e. The SMILES string of the molecule is Nc1ncccc1CN1C[C@@H]2OC(=O)N(CCCN3CCOCC3)[C@@H]2C1. The van der Waals surface area contributed by atoms with Gasteiger partial charge in [0.05, 0.1) is 19.3 Å². The first-order chi connectivity index (χ1) is 12.7. The number of nitrogens with two attached hydrogens (primary N) is 1. The highest BCUT2D eigenvalue weighted by atomic mass is 16.6. The van der Waals surface area contributed by atoms with E-state index in [-0.39, 0.29) is 18.2 Å². The van der Waals surface area contributed by atoms with Gasteiger partial charge >= 0.3 is 6.09 Å². The lowest BCUT2D eigenvalue weighted by molar-refractivity contribution is 0.0362. The summed E-state index contributed by atoms with van der Waals surface area (Å²) in [6, 6.07) is 4.05. The monoisotopic (exact) mass is 361 g/mol. The Labute approximate surface area is 153 Å². The van der Waals surface area contributed by atoms with Gasteiger partial charge in [0.25, 0.3) is 0 Å². The number of carbonyl (C=O) groups is 1. The summed E-state index contributed by atoms with van der Waals surface area (Å²) in [5.41, 5.74) is 6.98. The molecule has 4 heterocycles. The van der Waals surface area contributed by atoms with Gasteiger partial charge in [-0.15, -0.1) is 0 Å². The number of anilines is 1. The Hall–Kier alpha value is -1.90. The van der Waals surface area contributed by atoms with Crippen LogP contribution in [0, 0.1) is 0 Å². The molecular weight excluding hydrogens is 334 g/mol. The predicted molar refractivity (Wildman–Crippen MR) is 96.6 cm³/mol. The number of pyridine rings is 1. The van der Waals surface area contributed by atoms with Gasteiger partial charge in [0, 0.05) is 57.6 Å². The van der Waals surface area contributed by atoms with Crippen molar-refractivity contribution in [3.8, 4) is 0 Å². The van der Waals surface area contributed by atoms with Crippen molar-refractivity contribution in [1.29, 1.82) is 0 Å². The number of likely N-dealkylation sites (tertiary alicyclic amines) is 1. The van der Waals surface area contributed by atoms with Crippen LogP contribution in [0.1, 0.15) is 12.0 Å². The Balaban J connectivity index is 1.29. The number of nitrogens with zero attached hydrogens (tertiary/aromatic N) is 4. The Bertz CT molecular complexity index is 637. The lowest BCUT2D eigenvalue weighted by Gasteiger charge is -2.28. The maximum atomic E-state index is 12.2. The highest BCUT2D eigenvalue weighted by Crippen LogP contribution is 2.28. The Morgan fingerprint density at radius 3 is 2.85 bits per heavy atom. The van der Waals surface area contributed by atoms with E-state index in [0.717, 1.165) is 71.0 Å². The number of aromatic nitrogens is 1. The van der Waals surface area contributed by atoms with Crippen LogP contribution in [0.3, 0.4) is 0 Å². The fraction of sp³-hybridized carbons (Fsp3) is 0.667. The first kappa shape index (κ1) is 17.5. The van der Waals surface area contributed by atoms with Gasteiger partial charge in [-0.3, -0.25) is 9.80 Å². The predicted octanol–water partition coefficient (Wildman–Crippen LogP) is 0.391. The van der Waals surface area contributed by atoms with E-state index in [1.807, 2.05) is 17.0 Å². The lowest BCUT2D eigenvalue weighted by Crippen LogP contribution is -2.41. The molecular formula is C18H27N5O3. The number of hydrogen-bond acceptors (Lipinski definition) is 7. The molecule has 2 atom stereocenters. The number of morpholine rings is 1. The van der Waals surface area contributed by atoms with Crippen LogP contribution in [0.15, 0.2) is 18.3 Å². The van der Waals surface area contributed by atoms with Gasteiger partial charge in [0.15, 0.2) is 0 Å². The van der Waals surface area contributed by atoms with E-state index in [9.17, 15) is 4.79 Å². The second-order valence-corrected chi connectivity index (χ2v) is 7.23. The summed E-state index contributed by atoms with van der Waals surface area (Å²) in [7, 11) is 0. The number of carbonyl (C=O) groups excluding carboxylic acids is 1. The molecule has 8 heteroatoms. The zero-order valence-corrected chi connectivity index (χ0v) is 15.0. The Morgan fingerprint density at radius 2 is 2.04 bits per heavy atom. The molecule has 0 saturated carbocycles. The van der Waals surface area contributed by atoms with Crippen LogP contribution in [0.5, 0.6) is 0 Å². The van der Waals surface area contributed by atoms with Crippen molar-refractivity contribution in [2.45, 2.75) is 25.1 Å². The molecule has 1 aromatic rings. The first-order valence-electron chi connectivity index (χ1n) is 9.40. The van der Waals surface area contributed by atoms with Crippen molar-refractivity contribution in [2.24, 2.45) is 0 Å². The largest absolute Gasteiger partial charge is 0.442 e. The van der Waals surface area contributed by atoms with E-state index < -0.39 is 0 Å². The summed E-state index contributed by atoms with van der Waals surface area (Å²) in [5, 5.41) is 0. The second kappa shape index (κ2) is 7.77. The van der Waals surface area contributed by atoms with Crippen molar-refractivity contribution < 1.29 is 14.3 Å². The Kier molecular flexibility index (Phi) is 5.23. The van der Waals surface area contributed by atoms with Crippen molar-refractivity contribution in [1.82, 2.24) is 19.7 Å². The average molecular weight is 361 g/mol. The number of nitrogen functional groups attached to an aromatic ring is 1. The third-order valence-electron chi connectivity index (χ3n) is 5.50. The van der Waals surface area contributed by atoms with Gasteiger partial charge in [-0.2, -0.15) is 0 Å². The van der Waals surface area contributed by atoms with E-state index in [0.29, 0.717) is 5.82 Å². The van der Waals surface area contributed by atoms with Gasteiger partial charge in [0.1, 0.15) is 11.9 Å². The fourth-order valence-electron chi connectivity index (χ4n) is 4.08. The summed E-state index contributed by atoms with van der Waals surface area (Å²) in [6.07, 6.45) is 2.47. The van der Waals surface area contributed by atoms with E-state index >= 15 is 0 Å². The van der Waals surface area contributed by atoms with Gasteiger partial charge in [-0.1, -0.05) is 6.07 Å². The highest BCUT2D eigenvalue weighted by Gasteiger charge is 2.47. The van der Waals surface area contributed by atoms with Crippen molar-refractivity contribution in [2.75, 3.05) is 58.2 Å². The van der Waals surface area contributed by atoms with Crippen LogP contribution < -0.4 is 5.73 Å². The van der Waals surface area contributed by atoms with E-state index in [2.05, 4.69) is 14.8 Å². The standard InChI is InChI=1S/C18H27N5O3/c19-17-14(3-1-4-20-17)11-22-12-15-16(13-22)26-18(24)23(15)6-2-5-21-7-9-25-10-8-21/h1,3-4,15-16H,2,5-13H2,(H2,19,20)/t15-,16+/m1/s1. The zero-order valence-electron chi connectivity index (χ0n) is 15.0. The molecule has 8 nitrogen and oxygen atoms in total. The smallest absolute Gasteiger partial charge is 0.410 e. The second-order valence-electron chi connectivity index (χ2n) is 7.23. The molecule has 1 amide bonds. The van der Waals surface area contributed by atoms with Gasteiger partial charge in [-0.05, 0) is 12.5 Å². The number of fused-ring (bicyclic) bond motifs is 1. The molecule has 0 aliphatic carbocycles. The number of amides is 1. The summed E-state index contributed by atoms with van der Waals surface area (Å²) in [4.78, 5) is 23.0. The number of rotatable bonds is 6. The van der Waals surface area contributed by atoms with Crippen LogP contribution in [0.2, 0.25) is 0 Å². The van der Waals surface area contributed by atoms with Crippen molar-refractivity contribution in [3.63, 3.8) is 0 Å². The normalized spacial score (nSPS) is 26.9. The van der Waals surface area contributed by atoms with E-state index in [1.54, 1.807) is 6.20 Å². The molecule has 3 saturated heterocycles.